The fourth-order valence-corrected chi connectivity index (χ4v) is 3.04. The van der Waals surface area contributed by atoms with Crippen molar-refractivity contribution in [2.45, 2.75) is 13.0 Å². The van der Waals surface area contributed by atoms with Crippen LogP contribution >= 0.6 is 28.3 Å². The van der Waals surface area contributed by atoms with E-state index >= 15 is 0 Å². The van der Waals surface area contributed by atoms with Crippen molar-refractivity contribution in [2.75, 3.05) is 19.6 Å². The van der Waals surface area contributed by atoms with E-state index in [1.54, 1.807) is 0 Å². The normalized spacial score (nSPS) is 18.4. The molecule has 2 aromatic carbocycles. The van der Waals surface area contributed by atoms with Crippen molar-refractivity contribution >= 4 is 45.0 Å². The molecule has 0 bridgehead atoms. The van der Waals surface area contributed by atoms with Gasteiger partial charge in [-0.1, -0.05) is 28.1 Å². The maximum Gasteiger partial charge on any atom is 0.254 e. The van der Waals surface area contributed by atoms with Gasteiger partial charge in [0.25, 0.3) is 5.91 Å². The van der Waals surface area contributed by atoms with Crippen molar-refractivity contribution in [2.24, 2.45) is 0 Å². The third-order valence-electron chi connectivity index (χ3n) is 3.81. The van der Waals surface area contributed by atoms with Gasteiger partial charge in [-0.2, -0.15) is 0 Å². The molecule has 1 fully saturated rings. The molecule has 0 aromatic heterocycles. The summed E-state index contributed by atoms with van der Waals surface area (Å²) >= 11 is 3.47. The minimum absolute atomic E-state index is 0. The molecule has 112 valence electrons. The number of benzene rings is 2. The number of rotatable bonds is 1. The standard InChI is InChI=1S/C16H17BrN2O.ClH/c1-11-10-18-6-7-19(11)16(20)14-3-2-13-9-15(17)5-4-12(13)8-14;/h2-5,8-9,11,18H,6-7,10H2,1H3;1H/t11-;/m1./s1. The molecule has 0 saturated carbocycles. The van der Waals surface area contributed by atoms with Gasteiger partial charge < -0.3 is 10.2 Å². The Morgan fingerprint density at radius 3 is 2.71 bits per heavy atom. The Balaban J connectivity index is 0.00000161. The molecule has 1 aliphatic heterocycles. The first-order valence-corrected chi connectivity index (χ1v) is 7.65. The number of halogens is 2. The third-order valence-corrected chi connectivity index (χ3v) is 4.30. The topological polar surface area (TPSA) is 32.3 Å². The van der Waals surface area contributed by atoms with Crippen molar-refractivity contribution in [3.63, 3.8) is 0 Å². The zero-order chi connectivity index (χ0) is 14.1. The van der Waals surface area contributed by atoms with Crippen LogP contribution in [0.1, 0.15) is 17.3 Å². The Kier molecular flexibility index (Phi) is 5.25. The van der Waals surface area contributed by atoms with E-state index in [0.717, 1.165) is 40.4 Å². The molecule has 3 nitrogen and oxygen atoms in total. The van der Waals surface area contributed by atoms with Crippen molar-refractivity contribution in [1.29, 1.82) is 0 Å². The number of hydrogen-bond donors (Lipinski definition) is 1. The van der Waals surface area contributed by atoms with Gasteiger partial charge in [-0.3, -0.25) is 4.79 Å². The molecule has 3 rings (SSSR count). The van der Waals surface area contributed by atoms with Crippen LogP contribution in [0.5, 0.6) is 0 Å². The highest BCUT2D eigenvalue weighted by Crippen LogP contribution is 2.22. The molecule has 1 amide bonds. The highest BCUT2D eigenvalue weighted by molar-refractivity contribution is 9.10. The van der Waals surface area contributed by atoms with Crippen LogP contribution in [-0.2, 0) is 0 Å². The molecule has 1 saturated heterocycles. The minimum atomic E-state index is 0. The zero-order valence-electron chi connectivity index (χ0n) is 11.8. The van der Waals surface area contributed by atoms with Crippen molar-refractivity contribution in [3.05, 3.63) is 46.4 Å². The van der Waals surface area contributed by atoms with E-state index in [-0.39, 0.29) is 24.4 Å². The predicted molar refractivity (Wildman–Crippen MR) is 92.3 cm³/mol. The summed E-state index contributed by atoms with van der Waals surface area (Å²) in [5.41, 5.74) is 0.772. The molecule has 0 unspecified atom stereocenters. The molecule has 0 spiro atoms. The van der Waals surface area contributed by atoms with Gasteiger partial charge in [-0.15, -0.1) is 12.4 Å². The second-order valence-electron chi connectivity index (χ2n) is 5.26. The summed E-state index contributed by atoms with van der Waals surface area (Å²) in [5, 5.41) is 5.55. The van der Waals surface area contributed by atoms with Crippen LogP contribution in [0.2, 0.25) is 0 Å². The average Bonchev–Trinajstić information content (AvgIpc) is 2.46. The second kappa shape index (κ2) is 6.77. The molecule has 1 atom stereocenters. The number of nitrogens with one attached hydrogen (secondary N) is 1. The van der Waals surface area contributed by atoms with Crippen LogP contribution in [0.25, 0.3) is 10.8 Å². The summed E-state index contributed by atoms with van der Waals surface area (Å²) < 4.78 is 1.06. The van der Waals surface area contributed by atoms with E-state index in [1.807, 2.05) is 35.2 Å². The van der Waals surface area contributed by atoms with Crippen LogP contribution < -0.4 is 5.32 Å². The van der Waals surface area contributed by atoms with Crippen molar-refractivity contribution in [3.8, 4) is 0 Å². The third kappa shape index (κ3) is 3.39. The van der Waals surface area contributed by atoms with E-state index in [2.05, 4.69) is 34.2 Å². The maximum atomic E-state index is 12.6. The van der Waals surface area contributed by atoms with Gasteiger partial charge >= 0.3 is 0 Å². The summed E-state index contributed by atoms with van der Waals surface area (Å²) in [5.74, 6) is 0.129. The van der Waals surface area contributed by atoms with Gasteiger partial charge in [0, 0.05) is 35.7 Å². The average molecular weight is 370 g/mol. The predicted octanol–water partition coefficient (Wildman–Crippen LogP) is 3.46. The largest absolute Gasteiger partial charge is 0.333 e. The summed E-state index contributed by atoms with van der Waals surface area (Å²) in [6, 6.07) is 12.3. The summed E-state index contributed by atoms with van der Waals surface area (Å²) in [6.07, 6.45) is 0. The minimum Gasteiger partial charge on any atom is -0.333 e. The number of amides is 1. The molecule has 1 aliphatic rings. The SMILES string of the molecule is C[C@@H]1CNCCN1C(=O)c1ccc2cc(Br)ccc2c1.Cl. The Morgan fingerprint density at radius 1 is 1.24 bits per heavy atom. The summed E-state index contributed by atoms with van der Waals surface area (Å²) in [4.78, 5) is 14.6. The first-order valence-electron chi connectivity index (χ1n) is 6.86. The molecular weight excluding hydrogens is 352 g/mol. The fraction of sp³-hybridized carbons (Fsp3) is 0.312. The molecule has 0 aliphatic carbocycles. The Morgan fingerprint density at radius 2 is 1.95 bits per heavy atom. The van der Waals surface area contributed by atoms with Crippen LogP contribution in [0.4, 0.5) is 0 Å². The summed E-state index contributed by atoms with van der Waals surface area (Å²) in [6.45, 7) is 4.60. The Bertz CT molecular complexity index is 662. The molecule has 21 heavy (non-hydrogen) atoms. The molecule has 0 radical (unpaired) electrons. The Labute approximate surface area is 139 Å². The highest BCUT2D eigenvalue weighted by Gasteiger charge is 2.23. The lowest BCUT2D eigenvalue weighted by Gasteiger charge is -2.34. The van der Waals surface area contributed by atoms with Crippen molar-refractivity contribution < 1.29 is 4.79 Å². The quantitative estimate of drug-likeness (QED) is 0.835. The van der Waals surface area contributed by atoms with Gasteiger partial charge in [-0.25, -0.2) is 0 Å². The van der Waals surface area contributed by atoms with E-state index in [0.29, 0.717) is 0 Å². The van der Waals surface area contributed by atoms with E-state index in [4.69, 9.17) is 0 Å². The fourth-order valence-electron chi connectivity index (χ4n) is 2.66. The van der Waals surface area contributed by atoms with E-state index in [1.165, 1.54) is 0 Å². The van der Waals surface area contributed by atoms with Gasteiger partial charge in [0.15, 0.2) is 0 Å². The molecular formula is C16H18BrClN2O. The van der Waals surface area contributed by atoms with Gasteiger partial charge in [0.05, 0.1) is 0 Å². The van der Waals surface area contributed by atoms with Crippen LogP contribution in [0.15, 0.2) is 40.9 Å². The number of piperazine rings is 1. The lowest BCUT2D eigenvalue weighted by molar-refractivity contribution is 0.0656. The molecule has 1 N–H and O–H groups in total. The molecule has 2 aromatic rings. The Hall–Kier alpha value is -1.10. The first kappa shape index (κ1) is 16.3. The van der Waals surface area contributed by atoms with Crippen molar-refractivity contribution in [1.82, 2.24) is 10.2 Å². The monoisotopic (exact) mass is 368 g/mol. The van der Waals surface area contributed by atoms with Gasteiger partial charge in [-0.05, 0) is 42.0 Å². The number of carbonyl (C=O) groups excluding carboxylic acids is 1. The highest BCUT2D eigenvalue weighted by atomic mass is 79.9. The smallest absolute Gasteiger partial charge is 0.254 e. The van der Waals surface area contributed by atoms with Gasteiger partial charge in [0.1, 0.15) is 0 Å². The summed E-state index contributed by atoms with van der Waals surface area (Å²) in [7, 11) is 0. The maximum absolute atomic E-state index is 12.6. The molecule has 1 heterocycles. The van der Waals surface area contributed by atoms with Crippen LogP contribution in [0, 0.1) is 0 Å². The van der Waals surface area contributed by atoms with Gasteiger partial charge in [0.2, 0.25) is 0 Å². The zero-order valence-corrected chi connectivity index (χ0v) is 14.2. The number of carbonyl (C=O) groups is 1. The lowest BCUT2D eigenvalue weighted by Crippen LogP contribution is -2.52. The number of fused-ring (bicyclic) bond motifs is 1. The number of hydrogen-bond acceptors (Lipinski definition) is 2. The van der Waals surface area contributed by atoms with E-state index < -0.39 is 0 Å². The molecule has 5 heteroatoms. The lowest BCUT2D eigenvalue weighted by atomic mass is 10.1. The van der Waals surface area contributed by atoms with Crippen LogP contribution in [0.3, 0.4) is 0 Å². The van der Waals surface area contributed by atoms with Crippen LogP contribution in [-0.4, -0.2) is 36.5 Å². The number of nitrogens with zero attached hydrogens (tertiary/aromatic N) is 1. The second-order valence-corrected chi connectivity index (χ2v) is 6.17. The van der Waals surface area contributed by atoms with E-state index in [9.17, 15) is 4.79 Å². The first-order chi connectivity index (χ1) is 9.65.